The molecule has 0 amide bonds. The molecule has 0 nitrogen and oxygen atoms in total. The number of hydrogen-bond donors (Lipinski definition) is 0. The molecule has 0 radical (unpaired) electrons. The van der Waals surface area contributed by atoms with Crippen molar-refractivity contribution in [3.8, 4) is 0 Å². The van der Waals surface area contributed by atoms with Crippen LogP contribution in [0.25, 0.3) is 0 Å². The molecule has 0 rings (SSSR count). The Morgan fingerprint density at radius 3 is 0.737 bits per heavy atom. The fourth-order valence-electron chi connectivity index (χ4n) is 0. The van der Waals surface area contributed by atoms with Crippen LogP contribution in [0.4, 0.5) is 54.6 Å². The first-order chi connectivity index (χ1) is 5.79. The normalized spacial score (nSPS) is 4.58. The van der Waals surface area contributed by atoms with Crippen molar-refractivity contribution >= 4 is 0 Å². The van der Waals surface area contributed by atoms with Gasteiger partial charge >= 0.3 is 12.2 Å². The second kappa shape index (κ2) is 55.2. The predicted molar refractivity (Wildman–Crippen MR) is 53.7 cm³/mol. The molecular weight excluding hydrogens is 312 g/mol. The van der Waals surface area contributed by atoms with E-state index >= 15 is 0 Å². The van der Waals surface area contributed by atoms with E-state index in [0.717, 1.165) is 0 Å². The summed E-state index contributed by atoms with van der Waals surface area (Å²) in [5.41, 5.74) is 0. The second-order valence-corrected chi connectivity index (χ2v) is 1.27. The second-order valence-electron chi connectivity index (χ2n) is 1.27. The number of hydrogen-bond acceptors (Lipinski definition) is 0. The van der Waals surface area contributed by atoms with E-state index in [4.69, 9.17) is 0 Å². The van der Waals surface area contributed by atoms with Gasteiger partial charge in [0.2, 0.25) is 0 Å². The maximum atomic E-state index is 10.3. The van der Waals surface area contributed by atoms with Crippen LogP contribution in [0.15, 0.2) is 37.5 Å². The summed E-state index contributed by atoms with van der Waals surface area (Å²) in [6.45, 7) is 7.47. The molecule has 0 fully saturated rings. The SMILES string of the molecule is C=C(F)F.C=CC.F.F.F.F.F.F.FC(F)=C(F)F. The highest BCUT2D eigenvalue weighted by molar-refractivity contribution is 4.77. The van der Waals surface area contributed by atoms with Crippen LogP contribution >= 0.6 is 0 Å². The molecule has 0 bridgehead atoms. The Hall–Kier alpha value is -1.62. The van der Waals surface area contributed by atoms with Gasteiger partial charge in [-0.2, -0.15) is 26.3 Å². The molecule has 12 heteroatoms. The predicted octanol–water partition coefficient (Wildman–Crippen LogP) is 5.49. The van der Waals surface area contributed by atoms with Crippen LogP contribution in [-0.2, 0) is 0 Å². The fourth-order valence-corrected chi connectivity index (χ4v) is 0. The maximum absolute atomic E-state index is 10.3. The van der Waals surface area contributed by atoms with Crippen LogP contribution < -0.4 is 0 Å². The average molecular weight is 326 g/mol. The van der Waals surface area contributed by atoms with E-state index in [1.54, 1.807) is 6.08 Å². The van der Waals surface area contributed by atoms with Crippen LogP contribution in [0, 0.1) is 0 Å². The van der Waals surface area contributed by atoms with E-state index < -0.39 is 18.2 Å². The van der Waals surface area contributed by atoms with Crippen molar-refractivity contribution in [2.24, 2.45) is 0 Å². The third kappa shape index (κ3) is 598. The van der Waals surface area contributed by atoms with Crippen molar-refractivity contribution in [3.63, 3.8) is 0 Å². The van der Waals surface area contributed by atoms with Crippen molar-refractivity contribution in [2.45, 2.75) is 6.92 Å². The molecular formula is C7H14F12. The van der Waals surface area contributed by atoms with Gasteiger partial charge in [0.1, 0.15) is 0 Å². The number of rotatable bonds is 0. The van der Waals surface area contributed by atoms with Gasteiger partial charge in [-0.25, -0.2) is 0 Å². The van der Waals surface area contributed by atoms with E-state index in [2.05, 4.69) is 13.2 Å². The van der Waals surface area contributed by atoms with Crippen LogP contribution in [0.3, 0.4) is 0 Å². The zero-order chi connectivity index (χ0) is 11.4. The Morgan fingerprint density at radius 1 is 0.684 bits per heavy atom. The van der Waals surface area contributed by atoms with Gasteiger partial charge in [0.15, 0.2) is 0 Å². The third-order valence-electron chi connectivity index (χ3n) is 0.143. The molecule has 0 heterocycles. The molecule has 0 saturated carbocycles. The van der Waals surface area contributed by atoms with E-state index in [-0.39, 0.29) is 28.2 Å². The molecule has 0 aromatic heterocycles. The lowest BCUT2D eigenvalue weighted by Crippen LogP contribution is -1.56. The van der Waals surface area contributed by atoms with Gasteiger partial charge in [0, 0.05) is 0 Å². The molecule has 0 N–H and O–H groups in total. The molecule has 19 heavy (non-hydrogen) atoms. The first-order valence-corrected chi connectivity index (χ1v) is 2.72. The van der Waals surface area contributed by atoms with E-state index in [1.807, 2.05) is 6.92 Å². The van der Waals surface area contributed by atoms with Crippen LogP contribution in [0.1, 0.15) is 6.92 Å². The highest BCUT2D eigenvalue weighted by Crippen LogP contribution is 2.08. The molecule has 0 aliphatic carbocycles. The summed E-state index contributed by atoms with van der Waals surface area (Å²) in [7, 11) is 0. The lowest BCUT2D eigenvalue weighted by Gasteiger charge is -1.69. The first-order valence-electron chi connectivity index (χ1n) is 2.72. The third-order valence-corrected chi connectivity index (χ3v) is 0.143. The molecule has 0 unspecified atom stereocenters. The van der Waals surface area contributed by atoms with Gasteiger partial charge in [-0.05, 0) is 13.5 Å². The van der Waals surface area contributed by atoms with Gasteiger partial charge in [0.25, 0.3) is 6.08 Å². The minimum absolute atomic E-state index is 0. The van der Waals surface area contributed by atoms with Gasteiger partial charge in [-0.3, -0.25) is 28.2 Å². The molecule has 0 aliphatic heterocycles. The first kappa shape index (κ1) is 66.4. The van der Waals surface area contributed by atoms with Crippen molar-refractivity contribution in [1.82, 2.24) is 0 Å². The summed E-state index contributed by atoms with van der Waals surface area (Å²) in [6, 6.07) is 0. The van der Waals surface area contributed by atoms with Crippen LogP contribution in [-0.4, -0.2) is 0 Å². The fraction of sp³-hybridized carbons (Fsp3) is 0.143. The highest BCUT2D eigenvalue weighted by Gasteiger charge is 1.98. The minimum Gasteiger partial charge on any atom is -0.269 e. The lowest BCUT2D eigenvalue weighted by atomic mass is 10.8. The zero-order valence-electron chi connectivity index (χ0n) is 9.21. The van der Waals surface area contributed by atoms with Gasteiger partial charge in [-0.1, -0.05) is 6.08 Å². The van der Waals surface area contributed by atoms with Crippen molar-refractivity contribution < 1.29 is 54.6 Å². The Bertz CT molecular complexity index is 155. The van der Waals surface area contributed by atoms with Crippen molar-refractivity contribution in [1.29, 1.82) is 0 Å². The van der Waals surface area contributed by atoms with Gasteiger partial charge in [-0.15, -0.1) is 6.58 Å². The number of halogens is 12. The van der Waals surface area contributed by atoms with E-state index in [1.165, 1.54) is 0 Å². The topological polar surface area (TPSA) is 0 Å². The summed E-state index contributed by atoms with van der Waals surface area (Å²) >= 11 is 0. The molecule has 126 valence electrons. The van der Waals surface area contributed by atoms with E-state index in [0.29, 0.717) is 0 Å². The molecule has 0 aliphatic rings. The van der Waals surface area contributed by atoms with E-state index in [9.17, 15) is 26.3 Å². The van der Waals surface area contributed by atoms with Gasteiger partial charge in [0.05, 0.1) is 0 Å². The highest BCUT2D eigenvalue weighted by atomic mass is 19.3. The molecule has 0 spiro atoms. The summed E-state index contributed by atoms with van der Waals surface area (Å²) in [5, 5.41) is 0. The van der Waals surface area contributed by atoms with Crippen LogP contribution in [0.5, 0.6) is 0 Å². The van der Waals surface area contributed by atoms with Crippen LogP contribution in [0.2, 0.25) is 0 Å². The zero-order valence-corrected chi connectivity index (χ0v) is 9.21. The maximum Gasteiger partial charge on any atom is 0.334 e. The minimum atomic E-state index is -2.91. The van der Waals surface area contributed by atoms with Crippen molar-refractivity contribution in [3.05, 3.63) is 37.5 Å². The lowest BCUT2D eigenvalue weighted by molar-refractivity contribution is 0.308. The Labute approximate surface area is 100 Å². The summed E-state index contributed by atoms with van der Waals surface area (Å²) in [5.74, 6) is 0. The largest absolute Gasteiger partial charge is 0.334 e. The van der Waals surface area contributed by atoms with Crippen molar-refractivity contribution in [2.75, 3.05) is 0 Å². The molecule has 0 aromatic rings. The molecule has 0 atom stereocenters. The summed E-state index contributed by atoms with van der Waals surface area (Å²) < 4.78 is 61.4. The van der Waals surface area contributed by atoms with Gasteiger partial charge < -0.3 is 0 Å². The quantitative estimate of drug-likeness (QED) is 0.408. The number of allylic oxidation sites excluding steroid dienone is 1. The summed E-state index contributed by atoms with van der Waals surface area (Å²) in [4.78, 5) is 0. The Kier molecular flexibility index (Phi) is 193. The summed E-state index contributed by atoms with van der Waals surface area (Å²) in [6.07, 6.45) is -5.90. The molecule has 0 aromatic carbocycles. The smallest absolute Gasteiger partial charge is 0.269 e. The Morgan fingerprint density at radius 2 is 0.737 bits per heavy atom. The molecule has 0 saturated heterocycles. The Balaban J connectivity index is -0.0000000101. The standard InChI is InChI=1S/C3H6.C2F4.C2H2F2.6FH/c1-3-2;3-1(4)2(5)6;1-2(3)4;;;;;;/h3H,1H2,2H3;;1H2;6*1H. The average Bonchev–Trinajstić information content (AvgIpc) is 1.87. The monoisotopic (exact) mass is 326 g/mol.